The van der Waals surface area contributed by atoms with Crippen molar-refractivity contribution in [1.29, 1.82) is 0 Å². The zero-order valence-electron chi connectivity index (χ0n) is 14.7. The summed E-state index contributed by atoms with van der Waals surface area (Å²) in [5.41, 5.74) is 2.72. The van der Waals surface area contributed by atoms with E-state index >= 15 is 0 Å². The molecular weight excluding hydrogens is 298 g/mol. The van der Waals surface area contributed by atoms with Crippen LogP contribution >= 0.6 is 0 Å². The molecule has 0 saturated carbocycles. The van der Waals surface area contributed by atoms with Crippen molar-refractivity contribution < 1.29 is 9.78 Å². The van der Waals surface area contributed by atoms with Crippen molar-refractivity contribution in [3.63, 3.8) is 0 Å². The Labute approximate surface area is 145 Å². The minimum absolute atomic E-state index is 0.0613. The molecule has 1 aromatic carbocycles. The first-order valence-electron chi connectivity index (χ1n) is 8.49. The van der Waals surface area contributed by atoms with Gasteiger partial charge in [0.1, 0.15) is 5.71 Å². The van der Waals surface area contributed by atoms with Crippen molar-refractivity contribution in [2.75, 3.05) is 13.1 Å². The highest BCUT2D eigenvalue weighted by atomic mass is 16.4. The highest BCUT2D eigenvalue weighted by molar-refractivity contribution is 6.27. The number of rotatable bonds is 6. The minimum Gasteiger partial charge on any atom is -0.410 e. The van der Waals surface area contributed by atoms with Crippen LogP contribution in [0, 0.1) is 5.92 Å². The molecule has 128 valence electrons. The van der Waals surface area contributed by atoms with Crippen molar-refractivity contribution >= 4 is 11.9 Å². The van der Waals surface area contributed by atoms with E-state index in [9.17, 15) is 0 Å². The third kappa shape index (κ3) is 4.34. The molecule has 4 nitrogen and oxygen atoms in total. The molecule has 2 rings (SSSR count). The van der Waals surface area contributed by atoms with Crippen molar-refractivity contribution in [3.8, 4) is 0 Å². The van der Waals surface area contributed by atoms with Gasteiger partial charge in [-0.3, -0.25) is 0 Å². The molecule has 0 amide bonds. The topological polar surface area (TPSA) is 38.8 Å². The van der Waals surface area contributed by atoms with Gasteiger partial charge < -0.3 is 10.1 Å². The summed E-state index contributed by atoms with van der Waals surface area (Å²) in [7, 11) is 0. The summed E-state index contributed by atoms with van der Waals surface area (Å²) in [5.74, 6) is 0.773. The molecule has 1 unspecified atom stereocenters. The Balaban J connectivity index is 2.38. The van der Waals surface area contributed by atoms with Gasteiger partial charge in [0.25, 0.3) is 0 Å². The quantitative estimate of drug-likeness (QED) is 0.371. The van der Waals surface area contributed by atoms with Crippen LogP contribution in [-0.2, 0) is 0 Å². The molecule has 1 heterocycles. The van der Waals surface area contributed by atoms with Crippen molar-refractivity contribution in [2.24, 2.45) is 11.1 Å². The number of benzene rings is 1. The molecule has 1 aromatic rings. The summed E-state index contributed by atoms with van der Waals surface area (Å²) in [6, 6.07) is 10.2. The zero-order chi connectivity index (χ0) is 17.5. The van der Waals surface area contributed by atoms with Gasteiger partial charge >= 0.3 is 0 Å². The van der Waals surface area contributed by atoms with E-state index in [1.54, 1.807) is 19.3 Å². The zero-order valence-corrected chi connectivity index (χ0v) is 14.7. The summed E-state index contributed by atoms with van der Waals surface area (Å²) in [6.07, 6.45) is 5.93. The summed E-state index contributed by atoms with van der Waals surface area (Å²) in [4.78, 5) is 2.37. The van der Waals surface area contributed by atoms with E-state index in [1.807, 2.05) is 22.8 Å². The van der Waals surface area contributed by atoms with E-state index in [0.717, 1.165) is 30.3 Å². The lowest BCUT2D eigenvalue weighted by Crippen LogP contribution is -2.36. The number of hydrogen-bond donors (Lipinski definition) is 1. The maximum atomic E-state index is 9.01. The van der Waals surface area contributed by atoms with Gasteiger partial charge in [0.2, 0.25) is 6.04 Å². The van der Waals surface area contributed by atoms with E-state index in [4.69, 9.17) is 5.21 Å². The highest BCUT2D eigenvalue weighted by Gasteiger charge is 2.30. The highest BCUT2D eigenvalue weighted by Crippen LogP contribution is 2.30. The van der Waals surface area contributed by atoms with E-state index < -0.39 is 0 Å². The smallest absolute Gasteiger partial charge is 0.222 e. The number of likely N-dealkylation sites (tertiary alicyclic amines) is 1. The predicted octanol–water partition coefficient (Wildman–Crippen LogP) is 4.05. The normalized spacial score (nSPS) is 18.3. The SMILES string of the molecule is C=C[N+](=C/C(C)=N\O)C(C(=C)N1CCC(C)CC1)c1ccccc1. The van der Waals surface area contributed by atoms with Crippen LogP contribution < -0.4 is 0 Å². The largest absolute Gasteiger partial charge is 0.410 e. The molecule has 1 atom stereocenters. The lowest BCUT2D eigenvalue weighted by atomic mass is 9.96. The third-order valence-corrected chi connectivity index (χ3v) is 4.62. The molecule has 24 heavy (non-hydrogen) atoms. The van der Waals surface area contributed by atoms with E-state index in [1.165, 1.54) is 12.8 Å². The Bertz CT molecular complexity index is 626. The first-order chi connectivity index (χ1) is 11.6. The average molecular weight is 326 g/mol. The van der Waals surface area contributed by atoms with Gasteiger partial charge in [0.05, 0.1) is 5.70 Å². The molecular formula is C20H28N3O+. The molecule has 1 aliphatic heterocycles. The standard InChI is InChI=1S/C20H27N3O/c1-5-22(15-17(3)21-24)20(19-9-7-6-8-10-19)18(4)23-13-11-16(2)12-14-23/h5-10,15-16,20H,1,4,11-14H2,2-3H3/p+1. The lowest BCUT2D eigenvalue weighted by molar-refractivity contribution is -0.492. The van der Waals surface area contributed by atoms with Gasteiger partial charge in [-0.1, -0.05) is 49.0 Å². The molecule has 1 aliphatic rings. The molecule has 0 radical (unpaired) electrons. The maximum Gasteiger partial charge on any atom is 0.222 e. The first kappa shape index (κ1) is 18.0. The Morgan fingerprint density at radius 1 is 1.33 bits per heavy atom. The van der Waals surface area contributed by atoms with E-state index in [2.05, 4.69) is 42.3 Å². The van der Waals surface area contributed by atoms with Gasteiger partial charge in [0.15, 0.2) is 12.4 Å². The molecule has 4 heteroatoms. The van der Waals surface area contributed by atoms with Gasteiger partial charge in [-0.25, -0.2) is 0 Å². The van der Waals surface area contributed by atoms with Crippen LogP contribution in [0.2, 0.25) is 0 Å². The van der Waals surface area contributed by atoms with Crippen LogP contribution in [0.5, 0.6) is 0 Å². The molecule has 1 N–H and O–H groups in total. The Hall–Kier alpha value is -2.36. The minimum atomic E-state index is -0.0613. The number of nitrogens with zero attached hydrogens (tertiary/aromatic N) is 3. The first-order valence-corrected chi connectivity index (χ1v) is 8.49. The summed E-state index contributed by atoms with van der Waals surface area (Å²) in [6.45, 7) is 14.4. The van der Waals surface area contributed by atoms with Gasteiger partial charge in [0, 0.05) is 18.7 Å². The molecule has 1 fully saturated rings. The van der Waals surface area contributed by atoms with Crippen molar-refractivity contribution in [2.45, 2.75) is 32.7 Å². The molecule has 0 bridgehead atoms. The Morgan fingerprint density at radius 2 is 1.96 bits per heavy atom. The maximum absolute atomic E-state index is 9.01. The van der Waals surface area contributed by atoms with Crippen molar-refractivity contribution in [1.82, 2.24) is 4.90 Å². The lowest BCUT2D eigenvalue weighted by Gasteiger charge is -2.35. The predicted molar refractivity (Wildman–Crippen MR) is 99.7 cm³/mol. The summed E-state index contributed by atoms with van der Waals surface area (Å²) >= 11 is 0. The van der Waals surface area contributed by atoms with E-state index in [0.29, 0.717) is 5.71 Å². The Kier molecular flexibility index (Phi) is 6.36. The van der Waals surface area contributed by atoms with Crippen LogP contribution in [0.1, 0.15) is 38.3 Å². The van der Waals surface area contributed by atoms with Gasteiger partial charge in [-0.2, -0.15) is 4.58 Å². The van der Waals surface area contributed by atoms with Gasteiger partial charge in [-0.05, 0) is 32.3 Å². The second-order valence-electron chi connectivity index (χ2n) is 6.47. The van der Waals surface area contributed by atoms with E-state index in [-0.39, 0.29) is 6.04 Å². The molecule has 1 saturated heterocycles. The van der Waals surface area contributed by atoms with Crippen LogP contribution in [0.4, 0.5) is 0 Å². The monoisotopic (exact) mass is 326 g/mol. The van der Waals surface area contributed by atoms with Crippen molar-refractivity contribution in [3.05, 3.63) is 61.0 Å². The molecule has 0 aromatic heterocycles. The van der Waals surface area contributed by atoms with Crippen LogP contribution in [0.3, 0.4) is 0 Å². The number of oxime groups is 1. The second-order valence-corrected chi connectivity index (χ2v) is 6.47. The average Bonchev–Trinajstić information content (AvgIpc) is 2.62. The third-order valence-electron chi connectivity index (χ3n) is 4.62. The molecule has 0 aliphatic carbocycles. The fourth-order valence-corrected chi connectivity index (χ4v) is 3.11. The number of piperidine rings is 1. The fourth-order valence-electron chi connectivity index (χ4n) is 3.11. The summed E-state index contributed by atoms with van der Waals surface area (Å²) in [5, 5.41) is 12.3. The molecule has 0 spiro atoms. The number of hydrogen-bond acceptors (Lipinski definition) is 3. The van der Waals surface area contributed by atoms with Crippen LogP contribution in [0.25, 0.3) is 0 Å². The summed E-state index contributed by atoms with van der Waals surface area (Å²) < 4.78 is 1.96. The Morgan fingerprint density at radius 3 is 2.50 bits per heavy atom. The van der Waals surface area contributed by atoms with Crippen LogP contribution in [-0.4, -0.2) is 39.7 Å². The fraction of sp³-hybridized carbons (Fsp3) is 0.400. The second kappa shape index (κ2) is 8.48. The van der Waals surface area contributed by atoms with Crippen LogP contribution in [0.15, 0.2) is 60.5 Å². The van der Waals surface area contributed by atoms with Gasteiger partial charge in [-0.15, -0.1) is 0 Å².